The van der Waals surface area contributed by atoms with Gasteiger partial charge in [-0.05, 0) is 25.0 Å². The van der Waals surface area contributed by atoms with Crippen LogP contribution >= 0.6 is 0 Å². The van der Waals surface area contributed by atoms with Gasteiger partial charge in [-0.15, -0.1) is 0 Å². The van der Waals surface area contributed by atoms with Gasteiger partial charge in [-0.3, -0.25) is 4.79 Å². The predicted molar refractivity (Wildman–Crippen MR) is 62.8 cm³/mol. The van der Waals surface area contributed by atoms with Crippen molar-refractivity contribution in [1.29, 1.82) is 0 Å². The molecule has 16 heavy (non-hydrogen) atoms. The van der Waals surface area contributed by atoms with Crippen LogP contribution in [0.3, 0.4) is 0 Å². The van der Waals surface area contributed by atoms with Gasteiger partial charge < -0.3 is 16.4 Å². The third kappa shape index (κ3) is 2.24. The van der Waals surface area contributed by atoms with E-state index < -0.39 is 0 Å². The van der Waals surface area contributed by atoms with Crippen molar-refractivity contribution < 1.29 is 4.79 Å². The summed E-state index contributed by atoms with van der Waals surface area (Å²) in [5.41, 5.74) is 11.5. The zero-order valence-corrected chi connectivity index (χ0v) is 9.10. The van der Waals surface area contributed by atoms with Crippen molar-refractivity contribution in [2.75, 3.05) is 23.7 Å². The quantitative estimate of drug-likeness (QED) is 0.753. The second-order valence-electron chi connectivity index (χ2n) is 4.14. The lowest BCUT2D eigenvalue weighted by Crippen LogP contribution is -2.41. The lowest BCUT2D eigenvalue weighted by molar-refractivity contribution is -0.122. The van der Waals surface area contributed by atoms with Crippen LogP contribution in [0, 0.1) is 5.92 Å². The molecule has 0 aliphatic carbocycles. The zero-order chi connectivity index (χ0) is 11.5. The molecule has 1 amide bonds. The summed E-state index contributed by atoms with van der Waals surface area (Å²) < 4.78 is 0. The number of hydrogen-bond acceptors (Lipinski definition) is 4. The van der Waals surface area contributed by atoms with E-state index in [1.54, 1.807) is 6.20 Å². The molecule has 1 aliphatic rings. The van der Waals surface area contributed by atoms with Crippen LogP contribution in [0.1, 0.15) is 12.8 Å². The highest BCUT2D eigenvalue weighted by Gasteiger charge is 2.24. The van der Waals surface area contributed by atoms with E-state index in [1.165, 1.54) is 0 Å². The molecule has 4 N–H and O–H groups in total. The van der Waals surface area contributed by atoms with E-state index in [0.29, 0.717) is 12.2 Å². The van der Waals surface area contributed by atoms with Gasteiger partial charge in [0.2, 0.25) is 5.91 Å². The van der Waals surface area contributed by atoms with Crippen molar-refractivity contribution in [1.82, 2.24) is 4.98 Å². The van der Waals surface area contributed by atoms with Gasteiger partial charge >= 0.3 is 0 Å². The fourth-order valence-electron chi connectivity index (χ4n) is 2.00. The van der Waals surface area contributed by atoms with Gasteiger partial charge in [-0.25, -0.2) is 4.98 Å². The van der Waals surface area contributed by atoms with Gasteiger partial charge in [-0.2, -0.15) is 0 Å². The smallest absolute Gasteiger partial charge is 0.222 e. The lowest BCUT2D eigenvalue weighted by Gasteiger charge is -2.32. The number of pyridine rings is 1. The Morgan fingerprint density at radius 1 is 1.50 bits per heavy atom. The summed E-state index contributed by atoms with van der Waals surface area (Å²) in [5.74, 6) is 0.577. The molecule has 0 spiro atoms. The summed E-state index contributed by atoms with van der Waals surface area (Å²) in [6, 6.07) is 3.69. The van der Waals surface area contributed by atoms with Crippen LogP contribution in [0.25, 0.3) is 0 Å². The average Bonchev–Trinajstić information content (AvgIpc) is 2.30. The van der Waals surface area contributed by atoms with Crippen molar-refractivity contribution in [2.45, 2.75) is 12.8 Å². The second kappa shape index (κ2) is 4.38. The van der Waals surface area contributed by atoms with E-state index in [4.69, 9.17) is 11.5 Å². The Hall–Kier alpha value is -1.78. The van der Waals surface area contributed by atoms with Gasteiger partial charge in [0.25, 0.3) is 0 Å². The molecule has 2 rings (SSSR count). The standard InChI is InChI=1S/C11H16N4O/c12-9-3-4-10(14-6-9)15-5-1-2-8(7-15)11(13)16/h3-4,6,8H,1-2,5,7,12H2,(H2,13,16). The fraction of sp³-hybridized carbons (Fsp3) is 0.455. The Labute approximate surface area is 94.4 Å². The average molecular weight is 220 g/mol. The molecule has 1 atom stereocenters. The first kappa shape index (κ1) is 10.7. The Balaban J connectivity index is 2.09. The van der Waals surface area contributed by atoms with Gasteiger partial charge in [0.05, 0.1) is 17.8 Å². The molecular weight excluding hydrogens is 204 g/mol. The minimum Gasteiger partial charge on any atom is -0.397 e. The van der Waals surface area contributed by atoms with Crippen LogP contribution in [0.5, 0.6) is 0 Å². The van der Waals surface area contributed by atoms with Gasteiger partial charge in [0.15, 0.2) is 0 Å². The number of rotatable bonds is 2. The van der Waals surface area contributed by atoms with E-state index in [1.807, 2.05) is 12.1 Å². The number of nitrogens with zero attached hydrogens (tertiary/aromatic N) is 2. The number of primary amides is 1. The summed E-state index contributed by atoms with van der Waals surface area (Å²) in [6.07, 6.45) is 3.48. The van der Waals surface area contributed by atoms with Gasteiger partial charge in [-0.1, -0.05) is 0 Å². The molecule has 1 saturated heterocycles. The first-order valence-corrected chi connectivity index (χ1v) is 5.42. The first-order chi connectivity index (χ1) is 7.66. The highest BCUT2D eigenvalue weighted by molar-refractivity contribution is 5.77. The Morgan fingerprint density at radius 2 is 2.31 bits per heavy atom. The summed E-state index contributed by atoms with van der Waals surface area (Å²) in [7, 11) is 0. The SMILES string of the molecule is NC(=O)C1CCCN(c2ccc(N)cn2)C1. The topological polar surface area (TPSA) is 85.2 Å². The molecule has 1 fully saturated rings. The fourth-order valence-corrected chi connectivity index (χ4v) is 2.00. The Morgan fingerprint density at radius 3 is 2.94 bits per heavy atom. The molecular formula is C11H16N4O. The van der Waals surface area contributed by atoms with Crippen LogP contribution in [0.2, 0.25) is 0 Å². The molecule has 1 aromatic rings. The molecule has 1 unspecified atom stereocenters. The summed E-state index contributed by atoms with van der Waals surface area (Å²) in [4.78, 5) is 17.5. The molecule has 5 nitrogen and oxygen atoms in total. The van der Waals surface area contributed by atoms with Crippen LogP contribution < -0.4 is 16.4 Å². The van der Waals surface area contributed by atoms with Crippen LogP contribution in [0.15, 0.2) is 18.3 Å². The number of anilines is 2. The number of nitrogen functional groups attached to an aromatic ring is 1. The number of nitrogens with two attached hydrogens (primary N) is 2. The molecule has 0 aromatic carbocycles. The number of aromatic nitrogens is 1. The zero-order valence-electron chi connectivity index (χ0n) is 9.10. The van der Waals surface area contributed by atoms with Crippen LogP contribution in [0.4, 0.5) is 11.5 Å². The van der Waals surface area contributed by atoms with E-state index >= 15 is 0 Å². The van der Waals surface area contributed by atoms with E-state index in [9.17, 15) is 4.79 Å². The van der Waals surface area contributed by atoms with E-state index in [0.717, 1.165) is 25.2 Å². The van der Waals surface area contributed by atoms with Crippen molar-refractivity contribution in [3.8, 4) is 0 Å². The first-order valence-electron chi connectivity index (χ1n) is 5.42. The molecule has 0 bridgehead atoms. The van der Waals surface area contributed by atoms with Crippen molar-refractivity contribution >= 4 is 17.4 Å². The predicted octanol–water partition coefficient (Wildman–Crippen LogP) is 0.365. The summed E-state index contributed by atoms with van der Waals surface area (Å²) in [5, 5.41) is 0. The molecule has 5 heteroatoms. The van der Waals surface area contributed by atoms with Gasteiger partial charge in [0.1, 0.15) is 5.82 Å². The third-order valence-corrected chi connectivity index (χ3v) is 2.92. The van der Waals surface area contributed by atoms with Crippen LogP contribution in [-0.4, -0.2) is 24.0 Å². The second-order valence-corrected chi connectivity index (χ2v) is 4.14. The number of hydrogen-bond donors (Lipinski definition) is 2. The minimum absolute atomic E-state index is 0.0619. The van der Waals surface area contributed by atoms with Gasteiger partial charge in [0, 0.05) is 13.1 Å². The van der Waals surface area contributed by atoms with Crippen molar-refractivity contribution in [3.05, 3.63) is 18.3 Å². The van der Waals surface area contributed by atoms with Crippen LogP contribution in [-0.2, 0) is 4.79 Å². The highest BCUT2D eigenvalue weighted by Crippen LogP contribution is 2.21. The summed E-state index contributed by atoms with van der Waals surface area (Å²) >= 11 is 0. The maximum atomic E-state index is 11.1. The highest BCUT2D eigenvalue weighted by atomic mass is 16.1. The molecule has 86 valence electrons. The normalized spacial score (nSPS) is 20.8. The molecule has 2 heterocycles. The largest absolute Gasteiger partial charge is 0.397 e. The maximum Gasteiger partial charge on any atom is 0.222 e. The van der Waals surface area contributed by atoms with E-state index in [-0.39, 0.29) is 11.8 Å². The molecule has 1 aromatic heterocycles. The molecule has 1 aliphatic heterocycles. The number of piperidine rings is 1. The lowest BCUT2D eigenvalue weighted by atomic mass is 9.97. The Bertz CT molecular complexity index is 376. The minimum atomic E-state index is -0.222. The number of carbonyl (C=O) groups excluding carboxylic acids is 1. The van der Waals surface area contributed by atoms with E-state index in [2.05, 4.69) is 9.88 Å². The summed E-state index contributed by atoms with van der Waals surface area (Å²) in [6.45, 7) is 1.58. The Kier molecular flexibility index (Phi) is 2.94. The maximum absolute atomic E-state index is 11.1. The van der Waals surface area contributed by atoms with Crippen molar-refractivity contribution in [2.24, 2.45) is 11.7 Å². The molecule has 0 saturated carbocycles. The number of amides is 1. The monoisotopic (exact) mass is 220 g/mol. The number of carbonyl (C=O) groups is 1. The third-order valence-electron chi connectivity index (χ3n) is 2.92. The molecule has 0 radical (unpaired) electrons. The van der Waals surface area contributed by atoms with Crippen molar-refractivity contribution in [3.63, 3.8) is 0 Å².